The fourth-order valence-corrected chi connectivity index (χ4v) is 4.95. The fourth-order valence-electron chi connectivity index (χ4n) is 2.82. The molecule has 3 nitrogen and oxygen atoms in total. The SMILES string of the molecule is CC1(C)SC(=S)N(c2ccccc2)[C@@H]1/[N+]([O-])=C/c1c(F)cccc1Cl. The van der Waals surface area contributed by atoms with E-state index < -0.39 is 16.7 Å². The Balaban J connectivity index is 2.08. The highest BCUT2D eigenvalue weighted by Gasteiger charge is 2.51. The molecular weight excluding hydrogens is 379 g/mol. The summed E-state index contributed by atoms with van der Waals surface area (Å²) in [5.41, 5.74) is 0.898. The first-order valence-corrected chi connectivity index (χ1v) is 9.23. The Morgan fingerprint density at radius 1 is 1.24 bits per heavy atom. The number of thiocarbonyl (C=S) groups is 1. The van der Waals surface area contributed by atoms with E-state index in [2.05, 4.69) is 0 Å². The van der Waals surface area contributed by atoms with Crippen LogP contribution < -0.4 is 4.90 Å². The lowest BCUT2D eigenvalue weighted by Crippen LogP contribution is -2.48. The molecule has 3 rings (SSSR count). The van der Waals surface area contributed by atoms with Gasteiger partial charge >= 0.3 is 0 Å². The summed E-state index contributed by atoms with van der Waals surface area (Å²) >= 11 is 13.0. The number of anilines is 1. The summed E-state index contributed by atoms with van der Waals surface area (Å²) < 4.78 is 14.9. The molecule has 1 aliphatic rings. The summed E-state index contributed by atoms with van der Waals surface area (Å²) in [4.78, 5) is 1.80. The van der Waals surface area contributed by atoms with E-state index in [0.29, 0.717) is 4.32 Å². The molecule has 0 aromatic heterocycles. The second kappa shape index (κ2) is 6.94. The van der Waals surface area contributed by atoms with Crippen LogP contribution in [0.1, 0.15) is 19.4 Å². The van der Waals surface area contributed by atoms with Crippen molar-refractivity contribution >= 4 is 51.8 Å². The van der Waals surface area contributed by atoms with Gasteiger partial charge < -0.3 is 5.21 Å². The van der Waals surface area contributed by atoms with Crippen molar-refractivity contribution in [1.82, 2.24) is 0 Å². The van der Waals surface area contributed by atoms with Crippen LogP contribution in [0.3, 0.4) is 0 Å². The van der Waals surface area contributed by atoms with Crippen molar-refractivity contribution < 1.29 is 9.13 Å². The fraction of sp³-hybridized carbons (Fsp3) is 0.222. The maximum atomic E-state index is 14.1. The minimum Gasteiger partial charge on any atom is -0.622 e. The molecule has 0 spiro atoms. The van der Waals surface area contributed by atoms with Crippen LogP contribution in [0.2, 0.25) is 5.02 Å². The van der Waals surface area contributed by atoms with Crippen molar-refractivity contribution in [2.45, 2.75) is 24.8 Å². The van der Waals surface area contributed by atoms with Gasteiger partial charge in [0.2, 0.25) is 0 Å². The van der Waals surface area contributed by atoms with Gasteiger partial charge in [0.25, 0.3) is 6.17 Å². The summed E-state index contributed by atoms with van der Waals surface area (Å²) in [5.74, 6) is -0.536. The normalized spacial score (nSPS) is 20.2. The van der Waals surface area contributed by atoms with E-state index in [9.17, 15) is 9.60 Å². The zero-order chi connectivity index (χ0) is 18.2. The summed E-state index contributed by atoms with van der Waals surface area (Å²) in [5, 5.41) is 13.2. The third-order valence-corrected chi connectivity index (χ3v) is 5.83. The van der Waals surface area contributed by atoms with Crippen LogP contribution in [0, 0.1) is 11.0 Å². The van der Waals surface area contributed by atoms with E-state index in [1.165, 1.54) is 30.1 Å². The third kappa shape index (κ3) is 3.52. The predicted molar refractivity (Wildman–Crippen MR) is 107 cm³/mol. The van der Waals surface area contributed by atoms with Gasteiger partial charge in [-0.3, -0.25) is 4.90 Å². The van der Waals surface area contributed by atoms with Gasteiger partial charge in [-0.05, 0) is 38.1 Å². The summed E-state index contributed by atoms with van der Waals surface area (Å²) in [6, 6.07) is 13.8. The Kier molecular flexibility index (Phi) is 5.04. The summed E-state index contributed by atoms with van der Waals surface area (Å²) in [6.45, 7) is 3.89. The first-order chi connectivity index (χ1) is 11.8. The molecule has 1 heterocycles. The van der Waals surface area contributed by atoms with E-state index in [1.807, 2.05) is 44.2 Å². The largest absolute Gasteiger partial charge is 0.622 e. The molecule has 130 valence electrons. The zero-order valence-corrected chi connectivity index (χ0v) is 16.0. The molecule has 0 bridgehead atoms. The molecule has 0 amide bonds. The van der Waals surface area contributed by atoms with Crippen LogP contribution in [0.15, 0.2) is 48.5 Å². The molecule has 1 saturated heterocycles. The first-order valence-electron chi connectivity index (χ1n) is 7.63. The first kappa shape index (κ1) is 18.2. The van der Waals surface area contributed by atoms with Crippen LogP contribution in [-0.2, 0) is 0 Å². The van der Waals surface area contributed by atoms with Crippen molar-refractivity contribution in [2.75, 3.05) is 4.90 Å². The molecule has 2 aromatic carbocycles. The topological polar surface area (TPSA) is 29.3 Å². The van der Waals surface area contributed by atoms with Crippen molar-refractivity contribution in [1.29, 1.82) is 0 Å². The van der Waals surface area contributed by atoms with E-state index in [-0.39, 0.29) is 10.6 Å². The van der Waals surface area contributed by atoms with E-state index in [1.54, 1.807) is 11.0 Å². The maximum absolute atomic E-state index is 14.1. The number of para-hydroxylation sites is 1. The van der Waals surface area contributed by atoms with Gasteiger partial charge in [0.15, 0.2) is 6.21 Å². The number of benzene rings is 2. The highest BCUT2D eigenvalue weighted by molar-refractivity contribution is 8.24. The lowest BCUT2D eigenvalue weighted by Gasteiger charge is -2.29. The molecule has 7 heteroatoms. The molecule has 1 atom stereocenters. The predicted octanol–water partition coefficient (Wildman–Crippen LogP) is 5.05. The molecule has 0 unspecified atom stereocenters. The Hall–Kier alpha value is -1.63. The molecule has 1 fully saturated rings. The van der Waals surface area contributed by atoms with Crippen molar-refractivity contribution in [3.63, 3.8) is 0 Å². The number of hydrogen-bond acceptors (Lipinski definition) is 3. The van der Waals surface area contributed by atoms with Crippen molar-refractivity contribution in [3.8, 4) is 0 Å². The molecule has 0 aliphatic carbocycles. The van der Waals surface area contributed by atoms with Gasteiger partial charge in [0.1, 0.15) is 14.9 Å². The van der Waals surface area contributed by atoms with Crippen LogP contribution >= 0.6 is 35.6 Å². The Morgan fingerprint density at radius 2 is 1.92 bits per heavy atom. The molecule has 2 aromatic rings. The molecule has 0 radical (unpaired) electrons. The van der Waals surface area contributed by atoms with Gasteiger partial charge in [0, 0.05) is 5.69 Å². The molecular formula is C18H16ClFN2OS2. The minimum atomic E-state index is -0.622. The lowest BCUT2D eigenvalue weighted by molar-refractivity contribution is -0.497. The Morgan fingerprint density at radius 3 is 2.56 bits per heavy atom. The van der Waals surface area contributed by atoms with Gasteiger partial charge in [-0.15, -0.1) is 0 Å². The van der Waals surface area contributed by atoms with Crippen molar-refractivity contribution in [3.05, 3.63) is 70.1 Å². The monoisotopic (exact) mass is 394 g/mol. The summed E-state index contributed by atoms with van der Waals surface area (Å²) in [7, 11) is 0. The van der Waals surface area contributed by atoms with Gasteiger partial charge in [-0.2, -0.15) is 4.74 Å². The molecule has 0 N–H and O–H groups in total. The van der Waals surface area contributed by atoms with Crippen LogP contribution in [-0.4, -0.2) is 26.2 Å². The number of thioether (sulfide) groups is 1. The molecule has 25 heavy (non-hydrogen) atoms. The Labute approximate surface area is 160 Å². The molecule has 1 aliphatic heterocycles. The average Bonchev–Trinajstić information content (AvgIpc) is 2.80. The van der Waals surface area contributed by atoms with Gasteiger partial charge in [0.05, 0.1) is 10.6 Å². The van der Waals surface area contributed by atoms with Crippen LogP contribution in [0.4, 0.5) is 10.1 Å². The van der Waals surface area contributed by atoms with Crippen LogP contribution in [0.25, 0.3) is 0 Å². The van der Waals surface area contributed by atoms with Crippen LogP contribution in [0.5, 0.6) is 0 Å². The highest BCUT2D eigenvalue weighted by atomic mass is 35.5. The van der Waals surface area contributed by atoms with E-state index in [0.717, 1.165) is 10.4 Å². The number of hydroxylamine groups is 1. The lowest BCUT2D eigenvalue weighted by atomic mass is 10.1. The second-order valence-electron chi connectivity index (χ2n) is 6.17. The molecule has 0 saturated carbocycles. The maximum Gasteiger partial charge on any atom is 0.258 e. The van der Waals surface area contributed by atoms with Gasteiger partial charge in [-0.25, -0.2) is 4.39 Å². The Bertz CT molecular complexity index is 822. The number of nitrogens with zero attached hydrogens (tertiary/aromatic N) is 2. The average molecular weight is 395 g/mol. The number of halogens is 2. The minimum absolute atomic E-state index is 0.0748. The third-order valence-electron chi connectivity index (χ3n) is 3.94. The van der Waals surface area contributed by atoms with E-state index >= 15 is 0 Å². The number of hydrogen-bond donors (Lipinski definition) is 0. The van der Waals surface area contributed by atoms with Gasteiger partial charge in [-0.1, -0.05) is 59.8 Å². The standard InChI is InChI=1S/C18H16ClFN2OS2/c1-18(2)16(21(23)11-13-14(19)9-6-10-15(13)20)22(17(24)25-18)12-7-4-3-5-8-12/h3-11,16H,1-2H3/b21-11-/t16-/m0/s1. The smallest absolute Gasteiger partial charge is 0.258 e. The number of rotatable bonds is 3. The quantitative estimate of drug-likeness (QED) is 0.239. The second-order valence-corrected chi connectivity index (χ2v) is 8.87. The zero-order valence-electron chi connectivity index (χ0n) is 13.6. The summed E-state index contributed by atoms with van der Waals surface area (Å²) in [6.07, 6.45) is 0.581. The highest BCUT2D eigenvalue weighted by Crippen LogP contribution is 2.43. The van der Waals surface area contributed by atoms with E-state index in [4.69, 9.17) is 23.8 Å². The van der Waals surface area contributed by atoms with Crippen molar-refractivity contribution in [2.24, 2.45) is 0 Å².